The molecule has 0 aliphatic rings. The predicted molar refractivity (Wildman–Crippen MR) is 69.0 cm³/mol. The van der Waals surface area contributed by atoms with Crippen LogP contribution >= 0.6 is 0 Å². The third kappa shape index (κ3) is 3.48. The molecule has 0 heterocycles. The molecule has 2 rings (SSSR count). The first-order valence-corrected chi connectivity index (χ1v) is 6.96. The fraction of sp³-hybridized carbons (Fsp3) is 0. The van der Waals surface area contributed by atoms with Gasteiger partial charge in [-0.25, -0.2) is 17.2 Å². The van der Waals surface area contributed by atoms with Gasteiger partial charge in [0.25, 0.3) is 0 Å². The average molecular weight is 280 g/mol. The predicted octanol–water partition coefficient (Wildman–Crippen LogP) is 3.41. The maximum absolute atomic E-state index is 12.9. The minimum Gasteiger partial charge on any atom is -0.219 e. The zero-order valence-electron chi connectivity index (χ0n) is 9.75. The van der Waals surface area contributed by atoms with Crippen molar-refractivity contribution in [1.29, 1.82) is 0 Å². The number of benzene rings is 2. The molecule has 0 atom stereocenters. The van der Waals surface area contributed by atoms with Crippen LogP contribution in [-0.4, -0.2) is 8.42 Å². The Morgan fingerprint density at radius 2 is 1.58 bits per heavy atom. The van der Waals surface area contributed by atoms with E-state index in [1.54, 1.807) is 6.07 Å². The molecule has 0 N–H and O–H groups in total. The fourth-order valence-electron chi connectivity index (χ4n) is 1.48. The molecule has 0 spiro atoms. The molecule has 0 saturated heterocycles. The number of rotatable bonds is 3. The van der Waals surface area contributed by atoms with Gasteiger partial charge in [-0.2, -0.15) is 0 Å². The Morgan fingerprint density at radius 1 is 0.895 bits per heavy atom. The maximum atomic E-state index is 12.9. The Morgan fingerprint density at radius 3 is 2.21 bits per heavy atom. The highest BCUT2D eigenvalue weighted by Crippen LogP contribution is 2.15. The van der Waals surface area contributed by atoms with E-state index in [1.165, 1.54) is 36.4 Å². The van der Waals surface area contributed by atoms with Crippen molar-refractivity contribution in [2.24, 2.45) is 0 Å². The highest BCUT2D eigenvalue weighted by atomic mass is 32.2. The summed E-state index contributed by atoms with van der Waals surface area (Å²) in [6.07, 6.45) is 1.29. The van der Waals surface area contributed by atoms with E-state index in [-0.39, 0.29) is 4.90 Å². The first-order chi connectivity index (χ1) is 8.97. The number of sulfone groups is 1. The quantitative estimate of drug-likeness (QED) is 0.807. The van der Waals surface area contributed by atoms with Gasteiger partial charge in [0.05, 0.1) is 4.90 Å². The van der Waals surface area contributed by atoms with Crippen LogP contribution in [0.25, 0.3) is 6.08 Å². The molecular weight excluding hydrogens is 270 g/mol. The van der Waals surface area contributed by atoms with Gasteiger partial charge >= 0.3 is 0 Å². The van der Waals surface area contributed by atoms with Gasteiger partial charge in [-0.05, 0) is 48.0 Å². The number of hydrogen-bond donors (Lipinski definition) is 0. The Balaban J connectivity index is 2.29. The molecule has 0 unspecified atom stereocenters. The Labute approximate surface area is 109 Å². The number of hydrogen-bond acceptors (Lipinski definition) is 2. The summed E-state index contributed by atoms with van der Waals surface area (Å²) in [6, 6.07) is 10.1. The van der Waals surface area contributed by atoms with Gasteiger partial charge in [-0.1, -0.05) is 12.1 Å². The molecule has 98 valence electrons. The highest BCUT2D eigenvalue weighted by Gasteiger charge is 2.09. The summed E-state index contributed by atoms with van der Waals surface area (Å²) in [5.74, 6) is -0.950. The van der Waals surface area contributed by atoms with Crippen LogP contribution in [-0.2, 0) is 9.84 Å². The van der Waals surface area contributed by atoms with Crippen molar-refractivity contribution in [2.45, 2.75) is 4.90 Å². The Hall–Kier alpha value is -2.01. The van der Waals surface area contributed by atoms with Crippen molar-refractivity contribution in [3.8, 4) is 0 Å². The third-order valence-electron chi connectivity index (χ3n) is 2.43. The van der Waals surface area contributed by atoms with Crippen molar-refractivity contribution < 1.29 is 17.2 Å². The molecule has 19 heavy (non-hydrogen) atoms. The fourth-order valence-corrected chi connectivity index (χ4v) is 2.49. The summed E-state index contributed by atoms with van der Waals surface area (Å²) < 4.78 is 49.4. The van der Waals surface area contributed by atoms with E-state index in [0.29, 0.717) is 5.56 Å². The van der Waals surface area contributed by atoms with Crippen molar-refractivity contribution in [2.75, 3.05) is 0 Å². The van der Waals surface area contributed by atoms with Crippen LogP contribution in [0, 0.1) is 11.6 Å². The third-order valence-corrected chi connectivity index (χ3v) is 3.85. The van der Waals surface area contributed by atoms with E-state index in [2.05, 4.69) is 0 Å². The van der Waals surface area contributed by atoms with Gasteiger partial charge < -0.3 is 0 Å². The molecule has 0 aliphatic heterocycles. The van der Waals surface area contributed by atoms with Gasteiger partial charge in [-0.15, -0.1) is 0 Å². The second kappa shape index (κ2) is 5.32. The van der Waals surface area contributed by atoms with Crippen molar-refractivity contribution in [3.05, 3.63) is 71.1 Å². The standard InChI is InChI=1S/C14H10F2O2S/c15-12-4-6-14(7-5-12)19(17,18)9-8-11-2-1-3-13(16)10-11/h1-10H/b9-8+. The van der Waals surface area contributed by atoms with Crippen LogP contribution in [0.1, 0.15) is 5.56 Å². The van der Waals surface area contributed by atoms with Crippen molar-refractivity contribution in [3.63, 3.8) is 0 Å². The van der Waals surface area contributed by atoms with Crippen LogP contribution in [0.15, 0.2) is 58.8 Å². The molecule has 0 amide bonds. The second-order valence-electron chi connectivity index (χ2n) is 3.86. The zero-order chi connectivity index (χ0) is 13.9. The van der Waals surface area contributed by atoms with Crippen molar-refractivity contribution >= 4 is 15.9 Å². The molecule has 0 aliphatic carbocycles. The smallest absolute Gasteiger partial charge is 0.199 e. The first kappa shape index (κ1) is 13.4. The van der Waals surface area contributed by atoms with Crippen LogP contribution in [0.5, 0.6) is 0 Å². The van der Waals surface area contributed by atoms with E-state index in [1.807, 2.05) is 0 Å². The summed E-state index contributed by atoms with van der Waals surface area (Å²) >= 11 is 0. The second-order valence-corrected chi connectivity index (χ2v) is 5.69. The lowest BCUT2D eigenvalue weighted by atomic mass is 10.2. The monoisotopic (exact) mass is 280 g/mol. The summed E-state index contributed by atoms with van der Waals surface area (Å²) in [4.78, 5) is -0.0125. The minimum atomic E-state index is -3.66. The molecule has 0 saturated carbocycles. The van der Waals surface area contributed by atoms with Gasteiger partial charge in [0.2, 0.25) is 0 Å². The Kier molecular flexibility index (Phi) is 3.76. The molecular formula is C14H10F2O2S. The van der Waals surface area contributed by atoms with Crippen LogP contribution in [0.2, 0.25) is 0 Å². The lowest BCUT2D eigenvalue weighted by molar-refractivity contribution is 0.603. The summed E-state index contributed by atoms with van der Waals surface area (Å²) in [7, 11) is -3.66. The Bertz CT molecular complexity index is 704. The van der Waals surface area contributed by atoms with Crippen molar-refractivity contribution in [1.82, 2.24) is 0 Å². The van der Waals surface area contributed by atoms with E-state index in [0.717, 1.165) is 17.5 Å². The SMILES string of the molecule is O=S(=O)(/C=C/c1cccc(F)c1)c1ccc(F)cc1. The number of halogens is 2. The zero-order valence-corrected chi connectivity index (χ0v) is 10.6. The molecule has 5 heteroatoms. The molecule has 2 nitrogen and oxygen atoms in total. The first-order valence-electron chi connectivity index (χ1n) is 5.42. The maximum Gasteiger partial charge on any atom is 0.199 e. The topological polar surface area (TPSA) is 34.1 Å². The van der Waals surface area contributed by atoms with E-state index < -0.39 is 21.5 Å². The van der Waals surface area contributed by atoms with E-state index >= 15 is 0 Å². The lowest BCUT2D eigenvalue weighted by Crippen LogP contribution is -1.96. The van der Waals surface area contributed by atoms with Gasteiger partial charge in [-0.3, -0.25) is 0 Å². The summed E-state index contributed by atoms with van der Waals surface area (Å²) in [5, 5.41) is 0.967. The van der Waals surface area contributed by atoms with Crippen LogP contribution < -0.4 is 0 Å². The van der Waals surface area contributed by atoms with Gasteiger partial charge in [0.15, 0.2) is 9.84 Å². The molecule has 0 aromatic heterocycles. The van der Waals surface area contributed by atoms with Gasteiger partial charge in [0.1, 0.15) is 11.6 Å². The van der Waals surface area contributed by atoms with Gasteiger partial charge in [0, 0.05) is 5.41 Å². The summed E-state index contributed by atoms with van der Waals surface area (Å²) in [6.45, 7) is 0. The highest BCUT2D eigenvalue weighted by molar-refractivity contribution is 7.94. The van der Waals surface area contributed by atoms with E-state index in [9.17, 15) is 17.2 Å². The molecule has 2 aromatic carbocycles. The molecule has 0 radical (unpaired) electrons. The van der Waals surface area contributed by atoms with Crippen LogP contribution in [0.3, 0.4) is 0 Å². The minimum absolute atomic E-state index is 0.0125. The molecule has 0 bridgehead atoms. The normalized spacial score (nSPS) is 11.9. The molecule has 0 fully saturated rings. The average Bonchev–Trinajstić information content (AvgIpc) is 2.37. The largest absolute Gasteiger partial charge is 0.219 e. The van der Waals surface area contributed by atoms with E-state index in [4.69, 9.17) is 0 Å². The molecule has 2 aromatic rings. The summed E-state index contributed by atoms with van der Waals surface area (Å²) in [5.41, 5.74) is 0.436. The lowest BCUT2D eigenvalue weighted by Gasteiger charge is -1.99. The van der Waals surface area contributed by atoms with Crippen LogP contribution in [0.4, 0.5) is 8.78 Å².